The van der Waals surface area contributed by atoms with Gasteiger partial charge >= 0.3 is 5.00 Å². The van der Waals surface area contributed by atoms with Gasteiger partial charge in [-0.1, -0.05) is 13.3 Å². The van der Waals surface area contributed by atoms with E-state index in [2.05, 4.69) is 10.3 Å². The van der Waals surface area contributed by atoms with Crippen LogP contribution < -0.4 is 5.32 Å². The summed E-state index contributed by atoms with van der Waals surface area (Å²) in [5, 5.41) is 13.2. The first kappa shape index (κ1) is 15.4. The van der Waals surface area contributed by atoms with Crippen molar-refractivity contribution in [2.24, 2.45) is 5.92 Å². The lowest BCUT2D eigenvalue weighted by Gasteiger charge is -2.15. The second kappa shape index (κ2) is 6.61. The summed E-state index contributed by atoms with van der Waals surface area (Å²) in [5.41, 5.74) is 0. The van der Waals surface area contributed by atoms with E-state index in [9.17, 15) is 19.7 Å². The number of amides is 2. The number of aromatic nitrogens is 1. The summed E-state index contributed by atoms with van der Waals surface area (Å²) in [6, 6.07) is 0. The monoisotopic (exact) mass is 312 g/mol. The maximum absolute atomic E-state index is 12.1. The van der Waals surface area contributed by atoms with Crippen molar-refractivity contribution in [2.45, 2.75) is 26.2 Å². The van der Waals surface area contributed by atoms with Crippen molar-refractivity contribution in [3.63, 3.8) is 0 Å². The van der Waals surface area contributed by atoms with Gasteiger partial charge in [-0.15, -0.1) is 0 Å². The maximum Gasteiger partial charge on any atom is 0.345 e. The number of rotatable bonds is 6. The Labute approximate surface area is 125 Å². The number of carbonyl (C=O) groups is 2. The highest BCUT2D eigenvalue weighted by Gasteiger charge is 2.34. The lowest BCUT2D eigenvalue weighted by atomic mass is 10.1. The summed E-state index contributed by atoms with van der Waals surface area (Å²) in [5.74, 6) is -0.752. The van der Waals surface area contributed by atoms with Gasteiger partial charge in [0, 0.05) is 19.5 Å². The van der Waals surface area contributed by atoms with Gasteiger partial charge in [0.05, 0.1) is 10.8 Å². The average molecular weight is 312 g/mol. The molecule has 1 fully saturated rings. The van der Waals surface area contributed by atoms with Crippen molar-refractivity contribution in [3.8, 4) is 0 Å². The number of hydrogen-bond donors (Lipinski definition) is 1. The van der Waals surface area contributed by atoms with Gasteiger partial charge in [0.2, 0.25) is 11.8 Å². The fraction of sp³-hybridized carbons (Fsp3) is 0.583. The van der Waals surface area contributed by atoms with E-state index in [4.69, 9.17) is 0 Å². The fourth-order valence-electron chi connectivity index (χ4n) is 2.13. The summed E-state index contributed by atoms with van der Waals surface area (Å²) < 4.78 is 0. The second-order valence-electron chi connectivity index (χ2n) is 4.84. The molecule has 2 amide bonds. The summed E-state index contributed by atoms with van der Waals surface area (Å²) in [6.07, 6.45) is 3.19. The zero-order chi connectivity index (χ0) is 15.4. The summed E-state index contributed by atoms with van der Waals surface area (Å²) >= 11 is 0.803. The van der Waals surface area contributed by atoms with Crippen LogP contribution in [0.4, 0.5) is 10.1 Å². The van der Waals surface area contributed by atoms with Crippen molar-refractivity contribution in [1.29, 1.82) is 0 Å². The molecule has 0 radical (unpaired) electrons. The third-order valence-corrected chi connectivity index (χ3v) is 4.13. The molecule has 0 aromatic carbocycles. The highest BCUT2D eigenvalue weighted by atomic mass is 32.1. The molecule has 1 aliphatic heterocycles. The molecule has 9 heteroatoms. The Morgan fingerprint density at radius 2 is 2.43 bits per heavy atom. The van der Waals surface area contributed by atoms with Gasteiger partial charge in [-0.05, 0) is 17.8 Å². The number of thiazole rings is 1. The van der Waals surface area contributed by atoms with Gasteiger partial charge in [-0.2, -0.15) is 0 Å². The summed E-state index contributed by atoms with van der Waals surface area (Å²) in [6.45, 7) is 3.11. The molecule has 0 bridgehead atoms. The molecule has 1 N–H and O–H groups in total. The first-order valence-corrected chi connectivity index (χ1v) is 7.51. The minimum Gasteiger partial charge on any atom is -0.342 e. The number of carbonyl (C=O) groups excluding carboxylic acids is 2. The number of anilines is 1. The second-order valence-corrected chi connectivity index (χ2v) is 5.85. The highest BCUT2D eigenvalue weighted by molar-refractivity contribution is 7.18. The van der Waals surface area contributed by atoms with Crippen LogP contribution in [0.2, 0.25) is 0 Å². The quantitative estimate of drug-likeness (QED) is 0.635. The third-order valence-electron chi connectivity index (χ3n) is 3.27. The van der Waals surface area contributed by atoms with Crippen LogP contribution >= 0.6 is 11.3 Å². The standard InChI is InChI=1S/C12H16N4O4S/c1-2-3-4-15-7-8(5-9(15)17)11(18)14-12-13-6-10(21-12)16(19)20/h6,8H,2-5,7H2,1H3,(H,13,14,18)/t8-/m1/s1. The molecule has 0 aliphatic carbocycles. The van der Waals surface area contributed by atoms with Crippen molar-refractivity contribution in [3.05, 3.63) is 16.3 Å². The van der Waals surface area contributed by atoms with E-state index in [-0.39, 0.29) is 28.4 Å². The molecule has 1 atom stereocenters. The predicted molar refractivity (Wildman–Crippen MR) is 77.0 cm³/mol. The van der Waals surface area contributed by atoms with Crippen molar-refractivity contribution in [2.75, 3.05) is 18.4 Å². The molecule has 114 valence electrons. The largest absolute Gasteiger partial charge is 0.345 e. The molecule has 8 nitrogen and oxygen atoms in total. The molecule has 0 saturated carbocycles. The Balaban J connectivity index is 1.91. The molecule has 0 spiro atoms. The van der Waals surface area contributed by atoms with Crippen LogP contribution in [-0.4, -0.2) is 39.7 Å². The number of nitro groups is 1. The number of nitrogens with zero attached hydrogens (tertiary/aromatic N) is 3. The van der Waals surface area contributed by atoms with Crippen LogP contribution in [0, 0.1) is 16.0 Å². The Bertz CT molecular complexity index is 559. The lowest BCUT2D eigenvalue weighted by molar-refractivity contribution is -0.380. The van der Waals surface area contributed by atoms with E-state index in [0.29, 0.717) is 13.1 Å². The van der Waals surface area contributed by atoms with Gasteiger partial charge in [0.15, 0.2) is 5.13 Å². The molecule has 1 aliphatic rings. The molecule has 0 unspecified atom stereocenters. The van der Waals surface area contributed by atoms with Gasteiger partial charge in [-0.3, -0.25) is 19.7 Å². The van der Waals surface area contributed by atoms with E-state index in [1.54, 1.807) is 4.90 Å². The number of hydrogen-bond acceptors (Lipinski definition) is 6. The first-order valence-electron chi connectivity index (χ1n) is 6.70. The Kier molecular flexibility index (Phi) is 4.84. The zero-order valence-corrected chi connectivity index (χ0v) is 12.4. The van der Waals surface area contributed by atoms with E-state index in [1.807, 2.05) is 6.92 Å². The predicted octanol–water partition coefficient (Wildman–Crippen LogP) is 1.64. The molecule has 2 heterocycles. The molecular weight excluding hydrogens is 296 g/mol. The molecule has 1 saturated heterocycles. The van der Waals surface area contributed by atoms with E-state index >= 15 is 0 Å². The zero-order valence-electron chi connectivity index (χ0n) is 11.6. The maximum atomic E-state index is 12.1. The minimum atomic E-state index is -0.557. The average Bonchev–Trinajstić information content (AvgIpc) is 3.03. The Morgan fingerprint density at radius 3 is 3.05 bits per heavy atom. The highest BCUT2D eigenvalue weighted by Crippen LogP contribution is 2.26. The molecular formula is C12H16N4O4S. The van der Waals surface area contributed by atoms with Crippen molar-refractivity contribution < 1.29 is 14.5 Å². The van der Waals surface area contributed by atoms with Crippen molar-refractivity contribution >= 4 is 33.3 Å². The van der Waals surface area contributed by atoms with E-state index < -0.39 is 10.8 Å². The Morgan fingerprint density at radius 1 is 1.67 bits per heavy atom. The minimum absolute atomic E-state index is 0.0197. The SMILES string of the molecule is CCCCN1C[C@H](C(=O)Nc2ncc([N+](=O)[O-])s2)CC1=O. The smallest absolute Gasteiger partial charge is 0.342 e. The van der Waals surface area contributed by atoms with Crippen LogP contribution in [-0.2, 0) is 9.59 Å². The van der Waals surface area contributed by atoms with Crippen LogP contribution in [0.5, 0.6) is 0 Å². The van der Waals surface area contributed by atoms with E-state index in [1.165, 1.54) is 0 Å². The van der Waals surface area contributed by atoms with Gasteiger partial charge in [0.25, 0.3) is 0 Å². The van der Waals surface area contributed by atoms with Crippen molar-refractivity contribution in [1.82, 2.24) is 9.88 Å². The van der Waals surface area contributed by atoms with Crippen LogP contribution in [0.3, 0.4) is 0 Å². The first-order chi connectivity index (χ1) is 10.0. The molecule has 21 heavy (non-hydrogen) atoms. The Hall–Kier alpha value is -2.03. The van der Waals surface area contributed by atoms with Gasteiger partial charge < -0.3 is 10.2 Å². The van der Waals surface area contributed by atoms with Crippen LogP contribution in [0.25, 0.3) is 0 Å². The van der Waals surface area contributed by atoms with Gasteiger partial charge in [-0.25, -0.2) is 4.98 Å². The van der Waals surface area contributed by atoms with Crippen LogP contribution in [0.15, 0.2) is 6.20 Å². The topological polar surface area (TPSA) is 105 Å². The molecule has 2 rings (SSSR count). The lowest BCUT2D eigenvalue weighted by Crippen LogP contribution is -2.29. The fourth-order valence-corrected chi connectivity index (χ4v) is 2.76. The number of likely N-dealkylation sites (tertiary alicyclic amines) is 1. The number of unbranched alkanes of at least 4 members (excludes halogenated alkanes) is 1. The molecule has 1 aromatic heterocycles. The van der Waals surface area contributed by atoms with Crippen LogP contribution in [0.1, 0.15) is 26.2 Å². The number of nitrogens with one attached hydrogen (secondary N) is 1. The third kappa shape index (κ3) is 3.75. The van der Waals surface area contributed by atoms with Gasteiger partial charge in [0.1, 0.15) is 6.20 Å². The molecule has 1 aromatic rings. The normalized spacial score (nSPS) is 18.0. The summed E-state index contributed by atoms with van der Waals surface area (Å²) in [7, 11) is 0. The summed E-state index contributed by atoms with van der Waals surface area (Å²) in [4.78, 5) is 39.3. The van der Waals surface area contributed by atoms with E-state index in [0.717, 1.165) is 30.4 Å².